The van der Waals surface area contributed by atoms with E-state index in [1.807, 2.05) is 18.2 Å². The number of pyridine rings is 1. The van der Waals surface area contributed by atoms with Gasteiger partial charge in [0, 0.05) is 44.1 Å². The molecule has 1 spiro atoms. The second-order valence-electron chi connectivity index (χ2n) is 18.0. The average molecular weight is 868 g/mol. The van der Waals surface area contributed by atoms with Crippen molar-refractivity contribution in [1.29, 1.82) is 0 Å². The maximum atomic E-state index is 13.9. The number of hydrogen-bond acceptors (Lipinski definition) is 11. The van der Waals surface area contributed by atoms with Crippen molar-refractivity contribution in [3.05, 3.63) is 76.1 Å². The summed E-state index contributed by atoms with van der Waals surface area (Å²) in [6, 6.07) is 11.9. The lowest BCUT2D eigenvalue weighted by molar-refractivity contribution is -0.136. The van der Waals surface area contributed by atoms with Crippen molar-refractivity contribution in [2.75, 3.05) is 43.9 Å². The highest BCUT2D eigenvalue weighted by molar-refractivity contribution is 7.18. The highest BCUT2D eigenvalue weighted by Crippen LogP contribution is 2.54. The summed E-state index contributed by atoms with van der Waals surface area (Å²) in [6.45, 7) is 4.83. The number of carbonyl (C=O) groups is 5. The van der Waals surface area contributed by atoms with Crippen molar-refractivity contribution in [3.8, 4) is 5.75 Å². The van der Waals surface area contributed by atoms with Gasteiger partial charge in [0.15, 0.2) is 0 Å². The van der Waals surface area contributed by atoms with E-state index in [1.165, 1.54) is 51.0 Å². The third-order valence-electron chi connectivity index (χ3n) is 13.8. The highest BCUT2D eigenvalue weighted by Gasteiger charge is 2.47. The van der Waals surface area contributed by atoms with E-state index < -0.39 is 47.2 Å². The van der Waals surface area contributed by atoms with Crippen LogP contribution in [0.5, 0.6) is 5.75 Å². The Morgan fingerprint density at radius 2 is 1.71 bits per heavy atom. The summed E-state index contributed by atoms with van der Waals surface area (Å²) in [4.78, 5) is 76.4. The topological polar surface area (TPSA) is 163 Å². The Kier molecular flexibility index (Phi) is 11.3. The molecule has 326 valence electrons. The van der Waals surface area contributed by atoms with E-state index in [0.717, 1.165) is 78.8 Å². The fraction of sp³-hybridized carbons (Fsp3) is 0.500. The lowest BCUT2D eigenvalue weighted by Crippen LogP contribution is -2.54. The number of anilines is 2. The number of methoxy groups -OCH3 is 1. The number of alkyl halides is 2. The van der Waals surface area contributed by atoms with Crippen molar-refractivity contribution >= 4 is 62.5 Å². The van der Waals surface area contributed by atoms with Crippen LogP contribution in [0.3, 0.4) is 0 Å². The Morgan fingerprint density at radius 3 is 2.44 bits per heavy atom. The van der Waals surface area contributed by atoms with Gasteiger partial charge in [-0.2, -0.15) is 8.78 Å². The zero-order valence-corrected chi connectivity index (χ0v) is 35.8. The van der Waals surface area contributed by atoms with E-state index in [-0.39, 0.29) is 24.1 Å². The molecule has 0 bridgehead atoms. The van der Waals surface area contributed by atoms with Gasteiger partial charge in [0.25, 0.3) is 23.6 Å². The summed E-state index contributed by atoms with van der Waals surface area (Å²) in [7, 11) is 1.52. The molecule has 2 aromatic heterocycles. The molecule has 2 aliphatic carbocycles. The minimum atomic E-state index is -3.16. The van der Waals surface area contributed by atoms with Gasteiger partial charge in [0.2, 0.25) is 11.8 Å². The van der Waals surface area contributed by atoms with Crippen LogP contribution in [0.1, 0.15) is 125 Å². The summed E-state index contributed by atoms with van der Waals surface area (Å²) in [5, 5.41) is 9.55. The Morgan fingerprint density at radius 1 is 0.952 bits per heavy atom. The second kappa shape index (κ2) is 16.7. The summed E-state index contributed by atoms with van der Waals surface area (Å²) in [5.41, 5.74) is 2.29. The first-order valence-electron chi connectivity index (χ1n) is 21.7. The SMILES string of the molecule is COc1cc2nc([C@H]3CC[C@H](CN4CCC5(CC4)CC(CCNc4cccc6c4C(=O)N(C4CCC(=O)NC4=O)C6=O)C5)CC3)sc2cc1NC(=O)c1cccc(C(C)(F)F)n1. The van der Waals surface area contributed by atoms with Crippen LogP contribution in [-0.2, 0) is 15.5 Å². The number of imide groups is 2. The predicted octanol–water partition coefficient (Wildman–Crippen LogP) is 7.73. The first-order chi connectivity index (χ1) is 29.8. The van der Waals surface area contributed by atoms with Crippen LogP contribution in [0.4, 0.5) is 20.2 Å². The Hall–Kier alpha value is -5.35. The van der Waals surface area contributed by atoms with Gasteiger partial charge < -0.3 is 20.3 Å². The van der Waals surface area contributed by atoms with Gasteiger partial charge in [-0.15, -0.1) is 11.3 Å². The minimum absolute atomic E-state index is 0.0880. The summed E-state index contributed by atoms with van der Waals surface area (Å²) in [6.07, 6.45) is 10.6. The Labute approximate surface area is 362 Å². The van der Waals surface area contributed by atoms with Gasteiger partial charge >= 0.3 is 0 Å². The van der Waals surface area contributed by atoms with Gasteiger partial charge in [-0.1, -0.05) is 12.1 Å². The number of benzene rings is 2. The molecule has 0 radical (unpaired) electrons. The van der Waals surface area contributed by atoms with Crippen molar-refractivity contribution in [2.45, 2.75) is 95.4 Å². The number of carbonyl (C=O) groups excluding carboxylic acids is 5. The smallest absolute Gasteiger partial charge is 0.287 e. The molecule has 1 atom stereocenters. The number of hydrogen-bond donors (Lipinski definition) is 3. The van der Waals surface area contributed by atoms with Crippen molar-refractivity contribution < 1.29 is 37.5 Å². The summed E-state index contributed by atoms with van der Waals surface area (Å²) >= 11 is 1.63. The van der Waals surface area contributed by atoms with E-state index in [9.17, 15) is 32.8 Å². The third kappa shape index (κ3) is 8.30. The summed E-state index contributed by atoms with van der Waals surface area (Å²) < 4.78 is 34.2. The minimum Gasteiger partial charge on any atom is -0.494 e. The van der Waals surface area contributed by atoms with Crippen molar-refractivity contribution in [3.63, 3.8) is 0 Å². The van der Waals surface area contributed by atoms with Crippen LogP contribution in [0.2, 0.25) is 0 Å². The fourth-order valence-electron chi connectivity index (χ4n) is 10.4. The molecule has 5 heterocycles. The largest absolute Gasteiger partial charge is 0.494 e. The van der Waals surface area contributed by atoms with Crippen molar-refractivity contribution in [2.24, 2.45) is 17.3 Å². The van der Waals surface area contributed by atoms with E-state index in [4.69, 9.17) is 9.72 Å². The normalized spacial score (nSPS) is 23.0. The molecule has 1 unspecified atom stereocenters. The molecular formula is C46H51F2N7O6S. The quantitative estimate of drug-likeness (QED) is 0.120. The molecule has 13 nitrogen and oxygen atoms in total. The van der Waals surface area contributed by atoms with E-state index in [2.05, 4.69) is 25.8 Å². The lowest BCUT2D eigenvalue weighted by Gasteiger charge is -2.53. The molecule has 3 aliphatic heterocycles. The van der Waals surface area contributed by atoms with Crippen LogP contribution < -0.4 is 20.7 Å². The zero-order chi connectivity index (χ0) is 43.3. The lowest BCUT2D eigenvalue weighted by atomic mass is 9.57. The highest BCUT2D eigenvalue weighted by atomic mass is 32.1. The summed E-state index contributed by atoms with van der Waals surface area (Å²) in [5.74, 6) is -3.66. The Bertz CT molecular complexity index is 2430. The monoisotopic (exact) mass is 867 g/mol. The first kappa shape index (κ1) is 42.0. The van der Waals surface area contributed by atoms with Gasteiger partial charge in [0.05, 0.1) is 39.1 Å². The number of fused-ring (bicyclic) bond motifs is 2. The van der Waals surface area contributed by atoms with Gasteiger partial charge in [-0.25, -0.2) is 9.97 Å². The van der Waals surface area contributed by atoms with Crippen LogP contribution in [0.25, 0.3) is 10.2 Å². The molecule has 2 saturated carbocycles. The van der Waals surface area contributed by atoms with Crippen molar-refractivity contribution in [1.82, 2.24) is 25.1 Å². The van der Waals surface area contributed by atoms with Gasteiger partial charge in [0.1, 0.15) is 23.2 Å². The molecule has 5 aliphatic rings. The molecule has 4 fully saturated rings. The number of halogens is 2. The van der Waals surface area contributed by atoms with Crippen LogP contribution in [0.15, 0.2) is 48.5 Å². The molecule has 5 amide bonds. The van der Waals surface area contributed by atoms with E-state index >= 15 is 0 Å². The zero-order valence-electron chi connectivity index (χ0n) is 34.9. The van der Waals surface area contributed by atoms with Crippen LogP contribution >= 0.6 is 11.3 Å². The van der Waals surface area contributed by atoms with Crippen LogP contribution in [-0.4, -0.2) is 88.6 Å². The molecule has 2 aromatic carbocycles. The van der Waals surface area contributed by atoms with Gasteiger partial charge in [-0.05, 0) is 125 Å². The number of rotatable bonds is 12. The second-order valence-corrected chi connectivity index (χ2v) is 19.1. The number of amides is 5. The molecule has 16 heteroatoms. The number of thiazole rings is 1. The molecule has 2 saturated heterocycles. The molecular weight excluding hydrogens is 817 g/mol. The number of nitrogens with zero attached hydrogens (tertiary/aromatic N) is 4. The van der Waals surface area contributed by atoms with Crippen LogP contribution in [0, 0.1) is 17.3 Å². The number of piperidine rings is 2. The third-order valence-corrected chi connectivity index (χ3v) is 15.0. The molecule has 3 N–H and O–H groups in total. The molecule has 9 rings (SSSR count). The molecule has 62 heavy (non-hydrogen) atoms. The standard InChI is InChI=1S/C46H51F2N7O6S/c1-45(47,48)37-8-4-7-31(50-37)40(57)51-32-22-36-33(21-35(32)61-2)52-42(62-36)28-11-9-26(10-12-28)25-54-19-16-46(17-20-54)23-27(24-46)15-18-49-30-6-3-5-29-39(30)44(60)55(43(29)59)34-13-14-38(56)53-41(34)58/h3-8,21-22,26-28,34,49H,9-20,23-25H2,1-2H3,(H,51,57)(H,53,56,58)/t26-,28-,34?. The maximum Gasteiger partial charge on any atom is 0.287 e. The number of aromatic nitrogens is 2. The molecule has 4 aromatic rings. The average Bonchev–Trinajstić information content (AvgIpc) is 3.77. The fourth-order valence-corrected chi connectivity index (χ4v) is 11.6. The maximum absolute atomic E-state index is 13.9. The number of likely N-dealkylation sites (tertiary alicyclic amines) is 1. The Balaban J connectivity index is 0.715. The van der Waals surface area contributed by atoms with E-state index in [1.54, 1.807) is 23.5 Å². The van der Waals surface area contributed by atoms with Gasteiger partial charge in [-0.3, -0.25) is 34.2 Å². The predicted molar refractivity (Wildman–Crippen MR) is 230 cm³/mol. The first-order valence-corrected chi connectivity index (χ1v) is 22.5. The van der Waals surface area contributed by atoms with E-state index in [0.29, 0.717) is 52.4 Å². The number of ether oxygens (including phenoxy) is 1. The number of nitrogens with one attached hydrogen (secondary N) is 3.